The number of imide groups is 1. The van der Waals surface area contributed by atoms with Crippen molar-refractivity contribution >= 4 is 51.4 Å². The van der Waals surface area contributed by atoms with E-state index in [-0.39, 0.29) is 10.6 Å². The van der Waals surface area contributed by atoms with Crippen LogP contribution in [0.25, 0.3) is 16.8 Å². The summed E-state index contributed by atoms with van der Waals surface area (Å²) < 4.78 is 24.1. The highest BCUT2D eigenvalue weighted by atomic mass is 32.2. The highest BCUT2D eigenvalue weighted by Gasteiger charge is 2.36. The smallest absolute Gasteiger partial charge is 0.294 e. The van der Waals surface area contributed by atoms with Gasteiger partial charge in [-0.15, -0.1) is 0 Å². The summed E-state index contributed by atoms with van der Waals surface area (Å²) in [6, 6.07) is 14.5. The molecule has 1 aliphatic rings. The molecule has 33 heavy (non-hydrogen) atoms. The van der Waals surface area contributed by atoms with Crippen LogP contribution in [0.15, 0.2) is 59.5 Å². The topological polar surface area (TPSA) is 84.9 Å². The summed E-state index contributed by atoms with van der Waals surface area (Å²) in [5.74, 6) is -0.570. The molecular formula is C24H19FN2O5S. The first kappa shape index (κ1) is 22.3. The van der Waals surface area contributed by atoms with Crippen LogP contribution in [-0.2, 0) is 9.59 Å². The largest absolute Gasteiger partial charge is 0.497 e. The zero-order valence-corrected chi connectivity index (χ0v) is 18.6. The van der Waals surface area contributed by atoms with Crippen molar-refractivity contribution in [1.82, 2.24) is 4.90 Å². The maximum absolute atomic E-state index is 13.3. The molecule has 4 rings (SSSR count). The molecule has 0 aromatic heterocycles. The van der Waals surface area contributed by atoms with Crippen LogP contribution in [0.3, 0.4) is 0 Å². The van der Waals surface area contributed by atoms with Gasteiger partial charge in [-0.25, -0.2) is 4.39 Å². The van der Waals surface area contributed by atoms with Crippen molar-refractivity contribution in [2.45, 2.75) is 0 Å². The first-order chi connectivity index (χ1) is 15.9. The maximum atomic E-state index is 13.3. The molecule has 0 saturated carbocycles. The molecular weight excluding hydrogens is 447 g/mol. The molecule has 0 spiro atoms. The van der Waals surface area contributed by atoms with Crippen LogP contribution in [0.5, 0.6) is 11.5 Å². The Labute approximate surface area is 193 Å². The van der Waals surface area contributed by atoms with Gasteiger partial charge in [0, 0.05) is 11.3 Å². The second kappa shape index (κ2) is 9.33. The van der Waals surface area contributed by atoms with Gasteiger partial charge in [0.25, 0.3) is 11.1 Å². The quantitative estimate of drug-likeness (QED) is 0.532. The van der Waals surface area contributed by atoms with Gasteiger partial charge in [-0.2, -0.15) is 0 Å². The van der Waals surface area contributed by atoms with Gasteiger partial charge in [-0.1, -0.05) is 18.2 Å². The van der Waals surface area contributed by atoms with Crippen molar-refractivity contribution in [3.05, 3.63) is 70.9 Å². The number of rotatable bonds is 6. The Kier molecular flexibility index (Phi) is 6.32. The molecule has 1 N–H and O–H groups in total. The SMILES string of the molecule is COc1ccc2ccc(OC)c(/C=C3/SC(=O)N(CC(=O)Nc4cccc(F)c4)C3=O)c2c1. The Morgan fingerprint density at radius 2 is 1.88 bits per heavy atom. The molecule has 0 bridgehead atoms. The number of amides is 3. The predicted molar refractivity (Wildman–Crippen MR) is 125 cm³/mol. The monoisotopic (exact) mass is 466 g/mol. The van der Waals surface area contributed by atoms with E-state index in [4.69, 9.17) is 9.47 Å². The molecule has 168 valence electrons. The van der Waals surface area contributed by atoms with Gasteiger partial charge in [0.05, 0.1) is 19.1 Å². The van der Waals surface area contributed by atoms with Crippen LogP contribution >= 0.6 is 11.8 Å². The summed E-state index contributed by atoms with van der Waals surface area (Å²) in [4.78, 5) is 38.8. The summed E-state index contributed by atoms with van der Waals surface area (Å²) >= 11 is 0.737. The average Bonchev–Trinajstić information content (AvgIpc) is 3.06. The van der Waals surface area contributed by atoms with Crippen molar-refractivity contribution in [3.8, 4) is 11.5 Å². The van der Waals surface area contributed by atoms with Gasteiger partial charge in [0.15, 0.2) is 0 Å². The van der Waals surface area contributed by atoms with Gasteiger partial charge in [-0.3, -0.25) is 19.3 Å². The molecule has 0 aliphatic carbocycles. The molecule has 1 aliphatic heterocycles. The van der Waals surface area contributed by atoms with E-state index in [0.717, 1.165) is 33.5 Å². The lowest BCUT2D eigenvalue weighted by Crippen LogP contribution is -2.36. The Bertz CT molecular complexity index is 1300. The molecule has 3 aromatic carbocycles. The van der Waals surface area contributed by atoms with Crippen LogP contribution in [0, 0.1) is 5.82 Å². The number of nitrogens with zero attached hydrogens (tertiary/aromatic N) is 1. The molecule has 1 heterocycles. The van der Waals surface area contributed by atoms with Gasteiger partial charge in [0.1, 0.15) is 23.9 Å². The van der Waals surface area contributed by atoms with E-state index in [2.05, 4.69) is 5.32 Å². The van der Waals surface area contributed by atoms with Crippen LogP contribution in [0.1, 0.15) is 5.56 Å². The zero-order valence-electron chi connectivity index (χ0n) is 17.8. The summed E-state index contributed by atoms with van der Waals surface area (Å²) in [5.41, 5.74) is 0.848. The molecule has 1 fully saturated rings. The average molecular weight is 466 g/mol. The van der Waals surface area contributed by atoms with Gasteiger partial charge in [-0.05, 0) is 65.0 Å². The molecule has 0 atom stereocenters. The van der Waals surface area contributed by atoms with E-state index in [1.807, 2.05) is 24.3 Å². The molecule has 0 unspecified atom stereocenters. The standard InChI is InChI=1S/C24H19FN2O5S/c1-31-17-8-6-14-7-9-20(32-2)19(18(14)11-17)12-21-23(29)27(24(30)33-21)13-22(28)26-16-5-3-4-15(25)10-16/h3-12H,13H2,1-2H3,(H,26,28)/b21-12+. The summed E-state index contributed by atoms with van der Waals surface area (Å²) in [6.45, 7) is -0.487. The fourth-order valence-electron chi connectivity index (χ4n) is 3.43. The number of hydrogen-bond acceptors (Lipinski definition) is 6. The molecule has 1 saturated heterocycles. The number of methoxy groups -OCH3 is 2. The van der Waals surface area contributed by atoms with Gasteiger partial charge < -0.3 is 14.8 Å². The Morgan fingerprint density at radius 1 is 1.09 bits per heavy atom. The number of nitrogens with one attached hydrogen (secondary N) is 1. The first-order valence-corrected chi connectivity index (χ1v) is 10.7. The molecule has 3 amide bonds. The van der Waals surface area contributed by atoms with Crippen molar-refractivity contribution < 1.29 is 28.2 Å². The Morgan fingerprint density at radius 3 is 2.61 bits per heavy atom. The third kappa shape index (κ3) is 4.68. The molecule has 0 radical (unpaired) electrons. The Balaban J connectivity index is 1.61. The van der Waals surface area contributed by atoms with E-state index in [9.17, 15) is 18.8 Å². The lowest BCUT2D eigenvalue weighted by Gasteiger charge is -2.13. The number of fused-ring (bicyclic) bond motifs is 1. The minimum atomic E-state index is -0.614. The number of ether oxygens (including phenoxy) is 2. The summed E-state index contributed by atoms with van der Waals surface area (Å²) in [6.07, 6.45) is 1.58. The van der Waals surface area contributed by atoms with E-state index in [0.29, 0.717) is 17.1 Å². The highest BCUT2D eigenvalue weighted by molar-refractivity contribution is 8.18. The van der Waals surface area contributed by atoms with Crippen molar-refractivity contribution in [2.24, 2.45) is 0 Å². The summed E-state index contributed by atoms with van der Waals surface area (Å²) in [5, 5.41) is 3.59. The highest BCUT2D eigenvalue weighted by Crippen LogP contribution is 2.37. The maximum Gasteiger partial charge on any atom is 0.294 e. The number of anilines is 1. The lowest BCUT2D eigenvalue weighted by molar-refractivity contribution is -0.127. The van der Waals surface area contributed by atoms with E-state index in [1.54, 1.807) is 19.3 Å². The molecule has 9 heteroatoms. The predicted octanol–water partition coefficient (Wildman–Crippen LogP) is 4.67. The number of hydrogen-bond donors (Lipinski definition) is 1. The lowest BCUT2D eigenvalue weighted by atomic mass is 10.0. The fraction of sp³-hybridized carbons (Fsp3) is 0.125. The molecule has 7 nitrogen and oxygen atoms in total. The Hall–Kier alpha value is -3.85. The minimum Gasteiger partial charge on any atom is -0.497 e. The fourth-order valence-corrected chi connectivity index (χ4v) is 4.25. The number of carbonyl (C=O) groups is 3. The van der Waals surface area contributed by atoms with Crippen molar-refractivity contribution in [1.29, 1.82) is 0 Å². The van der Waals surface area contributed by atoms with Crippen molar-refractivity contribution in [3.63, 3.8) is 0 Å². The van der Waals surface area contributed by atoms with E-state index >= 15 is 0 Å². The second-order valence-electron chi connectivity index (χ2n) is 7.09. The normalized spacial score (nSPS) is 14.8. The minimum absolute atomic E-state index is 0.159. The van der Waals surface area contributed by atoms with E-state index < -0.39 is 29.4 Å². The van der Waals surface area contributed by atoms with Crippen molar-refractivity contribution in [2.75, 3.05) is 26.1 Å². The third-order valence-corrected chi connectivity index (χ3v) is 5.92. The first-order valence-electron chi connectivity index (χ1n) is 9.85. The number of halogens is 1. The van der Waals surface area contributed by atoms with Gasteiger partial charge in [0.2, 0.25) is 5.91 Å². The second-order valence-corrected chi connectivity index (χ2v) is 8.09. The van der Waals surface area contributed by atoms with Crippen LogP contribution in [0.4, 0.5) is 14.9 Å². The van der Waals surface area contributed by atoms with Crippen LogP contribution in [0.2, 0.25) is 0 Å². The van der Waals surface area contributed by atoms with E-state index in [1.165, 1.54) is 25.3 Å². The molecule has 3 aromatic rings. The number of carbonyl (C=O) groups excluding carboxylic acids is 3. The van der Waals surface area contributed by atoms with Gasteiger partial charge >= 0.3 is 0 Å². The van der Waals surface area contributed by atoms with Crippen LogP contribution in [-0.4, -0.2) is 42.7 Å². The number of thioether (sulfide) groups is 1. The van der Waals surface area contributed by atoms with Crippen LogP contribution < -0.4 is 14.8 Å². The third-order valence-electron chi connectivity index (χ3n) is 5.01. The summed E-state index contributed by atoms with van der Waals surface area (Å²) in [7, 11) is 3.07. The number of benzene rings is 3. The zero-order chi connectivity index (χ0) is 23.5.